The van der Waals surface area contributed by atoms with E-state index in [4.69, 9.17) is 4.42 Å². The van der Waals surface area contributed by atoms with Gasteiger partial charge in [0.15, 0.2) is 0 Å². The van der Waals surface area contributed by atoms with Crippen molar-refractivity contribution in [3.63, 3.8) is 0 Å². The maximum atomic E-state index is 13.4. The van der Waals surface area contributed by atoms with Crippen LogP contribution in [-0.4, -0.2) is 21.6 Å². The number of amides is 1. The lowest BCUT2D eigenvalue weighted by atomic mass is 10.2. The summed E-state index contributed by atoms with van der Waals surface area (Å²) in [5.74, 6) is -0.286. The summed E-state index contributed by atoms with van der Waals surface area (Å²) in [5, 5.41) is 3.45. The van der Waals surface area contributed by atoms with Crippen molar-refractivity contribution < 1.29 is 9.21 Å². The molecule has 0 aliphatic rings. The molecule has 2 aromatic carbocycles. The van der Waals surface area contributed by atoms with Crippen LogP contribution in [0.25, 0.3) is 27.8 Å². The number of aromatic nitrogens is 2. The number of carbonyl (C=O) groups is 1. The van der Waals surface area contributed by atoms with Crippen LogP contribution in [0.1, 0.15) is 25.3 Å². The van der Waals surface area contributed by atoms with Crippen LogP contribution < -0.4 is 16.6 Å². The Labute approximate surface area is 172 Å². The Morgan fingerprint density at radius 3 is 2.53 bits per heavy atom. The highest BCUT2D eigenvalue weighted by atomic mass is 16.3. The van der Waals surface area contributed by atoms with Gasteiger partial charge in [0.1, 0.15) is 17.6 Å². The monoisotopic (exact) mass is 405 g/mol. The normalized spacial score (nSPS) is 11.3. The van der Waals surface area contributed by atoms with Gasteiger partial charge in [0.2, 0.25) is 11.5 Å². The third-order valence-electron chi connectivity index (χ3n) is 5.11. The van der Waals surface area contributed by atoms with Crippen LogP contribution in [0, 0.1) is 6.92 Å². The van der Waals surface area contributed by atoms with E-state index in [1.807, 2.05) is 26.0 Å². The van der Waals surface area contributed by atoms with Gasteiger partial charge in [-0.15, -0.1) is 0 Å². The minimum Gasteiger partial charge on any atom is -0.449 e. The number of nitrogens with zero attached hydrogens (tertiary/aromatic N) is 2. The predicted molar refractivity (Wildman–Crippen MR) is 116 cm³/mol. The molecule has 30 heavy (non-hydrogen) atoms. The summed E-state index contributed by atoms with van der Waals surface area (Å²) in [5.41, 5.74) is 1.20. The fraction of sp³-hybridized carbons (Fsp3) is 0.261. The van der Waals surface area contributed by atoms with Gasteiger partial charge in [0.25, 0.3) is 0 Å². The highest BCUT2D eigenvalue weighted by Crippen LogP contribution is 2.25. The van der Waals surface area contributed by atoms with Crippen molar-refractivity contribution in [3.05, 3.63) is 74.9 Å². The molecule has 1 N–H and O–H groups in total. The van der Waals surface area contributed by atoms with Crippen molar-refractivity contribution in [1.82, 2.24) is 14.5 Å². The lowest BCUT2D eigenvalue weighted by Crippen LogP contribution is -2.41. The Morgan fingerprint density at radius 1 is 1.07 bits per heavy atom. The minimum absolute atomic E-state index is 0.0535. The number of aryl methyl sites for hydroxylation is 1. The number of nitrogens with one attached hydrogen (secondary N) is 1. The zero-order valence-corrected chi connectivity index (χ0v) is 17.0. The molecule has 0 spiro atoms. The van der Waals surface area contributed by atoms with E-state index < -0.39 is 11.2 Å². The van der Waals surface area contributed by atoms with Crippen molar-refractivity contribution in [1.29, 1.82) is 0 Å². The molecule has 0 aliphatic carbocycles. The van der Waals surface area contributed by atoms with E-state index in [1.165, 1.54) is 4.57 Å². The van der Waals surface area contributed by atoms with Gasteiger partial charge in [-0.2, -0.15) is 0 Å². The van der Waals surface area contributed by atoms with Gasteiger partial charge < -0.3 is 9.73 Å². The Bertz CT molecular complexity index is 1340. The molecule has 4 rings (SSSR count). The van der Waals surface area contributed by atoms with E-state index in [1.54, 1.807) is 36.4 Å². The fourth-order valence-corrected chi connectivity index (χ4v) is 3.52. The largest absolute Gasteiger partial charge is 0.449 e. The van der Waals surface area contributed by atoms with E-state index in [9.17, 15) is 14.4 Å². The number of rotatable bonds is 6. The summed E-state index contributed by atoms with van der Waals surface area (Å²) in [6.07, 6.45) is 1.81. The summed E-state index contributed by atoms with van der Waals surface area (Å²) >= 11 is 0. The van der Waals surface area contributed by atoms with E-state index >= 15 is 0 Å². The van der Waals surface area contributed by atoms with Crippen LogP contribution in [0.2, 0.25) is 0 Å². The van der Waals surface area contributed by atoms with Crippen LogP contribution >= 0.6 is 0 Å². The molecule has 4 aromatic rings. The molecule has 7 nitrogen and oxygen atoms in total. The van der Waals surface area contributed by atoms with Crippen LogP contribution in [0.3, 0.4) is 0 Å². The van der Waals surface area contributed by atoms with E-state index in [0.717, 1.165) is 23.0 Å². The average Bonchev–Trinajstić information content (AvgIpc) is 3.13. The highest BCUT2D eigenvalue weighted by molar-refractivity contribution is 6.02. The van der Waals surface area contributed by atoms with Gasteiger partial charge in [0.05, 0.1) is 5.69 Å². The van der Waals surface area contributed by atoms with Crippen molar-refractivity contribution >= 4 is 28.0 Å². The average molecular weight is 405 g/mol. The van der Waals surface area contributed by atoms with E-state index in [2.05, 4.69) is 5.32 Å². The van der Waals surface area contributed by atoms with E-state index in [0.29, 0.717) is 28.7 Å². The Hall–Kier alpha value is -3.61. The summed E-state index contributed by atoms with van der Waals surface area (Å²) < 4.78 is 8.20. The summed E-state index contributed by atoms with van der Waals surface area (Å²) in [6, 6.07) is 14.2. The van der Waals surface area contributed by atoms with Gasteiger partial charge in [-0.3, -0.25) is 14.2 Å². The number of benzene rings is 2. The first-order valence-electron chi connectivity index (χ1n) is 10.0. The van der Waals surface area contributed by atoms with Crippen LogP contribution in [0.5, 0.6) is 0 Å². The zero-order valence-electron chi connectivity index (χ0n) is 17.0. The Balaban J connectivity index is 1.97. The highest BCUT2D eigenvalue weighted by Gasteiger charge is 2.21. The molecule has 0 aliphatic heterocycles. The summed E-state index contributed by atoms with van der Waals surface area (Å²) in [4.78, 5) is 39.1. The minimum atomic E-state index is -0.575. The van der Waals surface area contributed by atoms with Crippen molar-refractivity contribution in [2.45, 2.75) is 33.2 Å². The molecule has 1 amide bonds. The molecule has 0 atom stereocenters. The molecule has 0 fully saturated rings. The number of unbranched alkanes of at least 4 members (excludes halogenated alkanes) is 1. The maximum absolute atomic E-state index is 13.4. The molecule has 154 valence electrons. The molecule has 0 radical (unpaired) electrons. The summed E-state index contributed by atoms with van der Waals surface area (Å²) in [7, 11) is 0. The number of para-hydroxylation sites is 1. The Morgan fingerprint density at radius 2 is 1.80 bits per heavy atom. The van der Waals surface area contributed by atoms with Gasteiger partial charge >= 0.3 is 11.2 Å². The van der Waals surface area contributed by atoms with Crippen LogP contribution in [0.15, 0.2) is 62.5 Å². The van der Waals surface area contributed by atoms with Crippen LogP contribution in [0.4, 0.5) is 0 Å². The van der Waals surface area contributed by atoms with Gasteiger partial charge in [-0.1, -0.05) is 43.2 Å². The Kier molecular flexibility index (Phi) is 5.27. The molecule has 2 heterocycles. The SMILES string of the molecule is CCCCNC(=O)Cn1c(=O)n(-c2ccc(C)cc2)c(=O)c2oc3ccccc3c21. The van der Waals surface area contributed by atoms with Crippen molar-refractivity contribution in [3.8, 4) is 5.69 Å². The van der Waals surface area contributed by atoms with Gasteiger partial charge in [-0.25, -0.2) is 9.36 Å². The van der Waals surface area contributed by atoms with Crippen molar-refractivity contribution in [2.24, 2.45) is 0 Å². The molecule has 0 unspecified atom stereocenters. The smallest absolute Gasteiger partial charge is 0.336 e. The third kappa shape index (κ3) is 3.43. The quantitative estimate of drug-likeness (QED) is 0.500. The lowest BCUT2D eigenvalue weighted by molar-refractivity contribution is -0.121. The second-order valence-electron chi connectivity index (χ2n) is 7.32. The van der Waals surface area contributed by atoms with Crippen LogP contribution in [-0.2, 0) is 11.3 Å². The lowest BCUT2D eigenvalue weighted by Gasteiger charge is -2.12. The van der Waals surface area contributed by atoms with Gasteiger partial charge in [0, 0.05) is 11.9 Å². The number of carbonyl (C=O) groups excluding carboxylic acids is 1. The first-order chi connectivity index (χ1) is 14.5. The molecule has 7 heteroatoms. The second-order valence-corrected chi connectivity index (χ2v) is 7.32. The molecule has 0 saturated carbocycles. The molecule has 0 bridgehead atoms. The summed E-state index contributed by atoms with van der Waals surface area (Å²) in [6.45, 7) is 4.30. The van der Waals surface area contributed by atoms with Gasteiger partial charge in [-0.05, 0) is 37.6 Å². The number of fused-ring (bicyclic) bond motifs is 3. The number of hydrogen-bond acceptors (Lipinski definition) is 4. The first kappa shape index (κ1) is 19.7. The third-order valence-corrected chi connectivity index (χ3v) is 5.11. The maximum Gasteiger partial charge on any atom is 0.336 e. The first-order valence-corrected chi connectivity index (χ1v) is 10.0. The predicted octanol–water partition coefficient (Wildman–Crippen LogP) is 3.12. The number of hydrogen-bond donors (Lipinski definition) is 1. The van der Waals surface area contributed by atoms with E-state index in [-0.39, 0.29) is 18.0 Å². The molecular weight excluding hydrogens is 382 g/mol. The second kappa shape index (κ2) is 8.02. The fourth-order valence-electron chi connectivity index (χ4n) is 3.52. The molecule has 2 aromatic heterocycles. The standard InChI is InChI=1S/C23H23N3O4/c1-3-4-13-24-19(27)14-25-20-17-7-5-6-8-18(17)30-21(20)22(28)26(23(25)29)16-11-9-15(2)10-12-16/h5-12H,3-4,13-14H2,1-2H3,(H,24,27). The number of furan rings is 1. The molecule has 0 saturated heterocycles. The van der Waals surface area contributed by atoms with Crippen molar-refractivity contribution in [2.75, 3.05) is 6.54 Å². The molecular formula is C23H23N3O4. The topological polar surface area (TPSA) is 86.2 Å². The zero-order chi connectivity index (χ0) is 21.3.